The normalized spacial score (nSPS) is 18.1. The van der Waals surface area contributed by atoms with Crippen molar-refractivity contribution >= 4 is 29.6 Å². The van der Waals surface area contributed by atoms with E-state index in [1.807, 2.05) is 61.5 Å². The maximum Gasteiger partial charge on any atom is 0.156 e. The third-order valence-corrected chi connectivity index (χ3v) is 5.51. The molecule has 148 valence electrons. The smallest absolute Gasteiger partial charge is 0.156 e. The third-order valence-electron chi connectivity index (χ3n) is 5.51. The molecule has 0 bridgehead atoms. The number of aliphatic hydroxyl groups is 1. The number of H-pyrrole nitrogens is 1. The van der Waals surface area contributed by atoms with Crippen molar-refractivity contribution in [3.05, 3.63) is 59.5 Å². The van der Waals surface area contributed by atoms with E-state index in [4.69, 9.17) is 4.98 Å². The number of rotatable bonds is 6. The zero-order valence-corrected chi connectivity index (χ0v) is 16.3. The van der Waals surface area contributed by atoms with Crippen LogP contribution in [0.1, 0.15) is 29.9 Å². The van der Waals surface area contributed by atoms with Gasteiger partial charge in [0.2, 0.25) is 0 Å². The Morgan fingerprint density at radius 2 is 1.90 bits per heavy atom. The summed E-state index contributed by atoms with van der Waals surface area (Å²) in [6.45, 7) is 3.20. The standard InChI is InChI=1S/C22H24N6O/c1-15-11-20(27-26-15)24-19-12-21(28-13-22(29,14-28)17-8-9-17)25-18(23-19)10-7-16-5-3-2-4-6-16/h2-7,10-12,17,29H,8-9,13-14H2,1H3,(H2,23,24,25,26,27). The minimum atomic E-state index is -0.558. The number of β-amino-alcohol motifs (C(OH)–C–C–N with tert-alkyl or cyclic N) is 1. The molecule has 1 saturated carbocycles. The van der Waals surface area contributed by atoms with Gasteiger partial charge >= 0.3 is 0 Å². The molecule has 0 atom stereocenters. The van der Waals surface area contributed by atoms with Gasteiger partial charge in [-0.05, 0) is 37.3 Å². The van der Waals surface area contributed by atoms with Gasteiger partial charge < -0.3 is 15.3 Å². The van der Waals surface area contributed by atoms with Gasteiger partial charge in [-0.15, -0.1) is 0 Å². The molecule has 2 aliphatic rings. The molecule has 5 rings (SSSR count). The van der Waals surface area contributed by atoms with Crippen LogP contribution in [0.2, 0.25) is 0 Å². The van der Waals surface area contributed by atoms with Crippen molar-refractivity contribution in [3.8, 4) is 0 Å². The lowest BCUT2D eigenvalue weighted by molar-refractivity contribution is -0.00975. The summed E-state index contributed by atoms with van der Waals surface area (Å²) in [7, 11) is 0. The molecule has 0 amide bonds. The van der Waals surface area contributed by atoms with Crippen LogP contribution < -0.4 is 10.2 Å². The summed E-state index contributed by atoms with van der Waals surface area (Å²) in [6.07, 6.45) is 6.17. The molecule has 1 aliphatic heterocycles. The molecule has 2 aromatic heterocycles. The van der Waals surface area contributed by atoms with Crippen molar-refractivity contribution in [3.63, 3.8) is 0 Å². The first-order chi connectivity index (χ1) is 14.1. The number of aromatic nitrogens is 4. The van der Waals surface area contributed by atoms with Crippen LogP contribution in [0.4, 0.5) is 17.5 Å². The van der Waals surface area contributed by atoms with Gasteiger partial charge in [0.1, 0.15) is 17.2 Å². The van der Waals surface area contributed by atoms with Gasteiger partial charge in [-0.25, -0.2) is 9.97 Å². The Hall–Kier alpha value is -3.19. The molecule has 3 aromatic rings. The Balaban J connectivity index is 1.41. The van der Waals surface area contributed by atoms with Crippen molar-refractivity contribution in [2.75, 3.05) is 23.3 Å². The highest BCUT2D eigenvalue weighted by molar-refractivity contribution is 5.69. The monoisotopic (exact) mass is 388 g/mol. The van der Waals surface area contributed by atoms with E-state index in [9.17, 15) is 5.11 Å². The fourth-order valence-electron chi connectivity index (χ4n) is 3.76. The predicted molar refractivity (Wildman–Crippen MR) is 114 cm³/mol. The summed E-state index contributed by atoms with van der Waals surface area (Å²) in [5.74, 6) is 3.26. The van der Waals surface area contributed by atoms with Gasteiger partial charge in [-0.2, -0.15) is 5.10 Å². The summed E-state index contributed by atoms with van der Waals surface area (Å²) in [5.41, 5.74) is 1.51. The van der Waals surface area contributed by atoms with Crippen LogP contribution in [-0.4, -0.2) is 44.0 Å². The Morgan fingerprint density at radius 1 is 1.10 bits per heavy atom. The Kier molecular flexibility index (Phi) is 4.32. The highest BCUT2D eigenvalue weighted by atomic mass is 16.3. The van der Waals surface area contributed by atoms with Gasteiger partial charge in [-0.3, -0.25) is 5.10 Å². The molecule has 0 unspecified atom stereocenters. The largest absolute Gasteiger partial charge is 0.386 e. The van der Waals surface area contributed by atoms with E-state index in [1.165, 1.54) is 0 Å². The van der Waals surface area contributed by atoms with E-state index >= 15 is 0 Å². The summed E-state index contributed by atoms with van der Waals surface area (Å²) < 4.78 is 0. The second-order valence-electron chi connectivity index (χ2n) is 8.01. The molecule has 29 heavy (non-hydrogen) atoms. The predicted octanol–water partition coefficient (Wildman–Crippen LogP) is 3.38. The maximum atomic E-state index is 10.7. The van der Waals surface area contributed by atoms with E-state index in [-0.39, 0.29) is 0 Å². The first-order valence-electron chi connectivity index (χ1n) is 9.96. The molecule has 3 N–H and O–H groups in total. The molecule has 1 aromatic carbocycles. The van der Waals surface area contributed by atoms with Crippen LogP contribution in [0.25, 0.3) is 12.2 Å². The first kappa shape index (κ1) is 17.9. The van der Waals surface area contributed by atoms with Crippen LogP contribution in [0.5, 0.6) is 0 Å². The van der Waals surface area contributed by atoms with Crippen LogP contribution in [-0.2, 0) is 0 Å². The van der Waals surface area contributed by atoms with E-state index in [2.05, 4.69) is 25.4 Å². The van der Waals surface area contributed by atoms with Gasteiger partial charge in [0.25, 0.3) is 0 Å². The highest BCUT2D eigenvalue weighted by Crippen LogP contribution is 2.45. The molecule has 2 fully saturated rings. The number of anilines is 3. The highest BCUT2D eigenvalue weighted by Gasteiger charge is 2.52. The molecule has 0 radical (unpaired) electrons. The number of hydrogen-bond acceptors (Lipinski definition) is 6. The lowest BCUT2D eigenvalue weighted by Crippen LogP contribution is -2.63. The zero-order valence-electron chi connectivity index (χ0n) is 16.3. The van der Waals surface area contributed by atoms with E-state index in [0.717, 1.165) is 29.9 Å². The van der Waals surface area contributed by atoms with Crippen LogP contribution >= 0.6 is 0 Å². The van der Waals surface area contributed by atoms with Crippen molar-refractivity contribution in [1.29, 1.82) is 0 Å². The second kappa shape index (κ2) is 7.00. The zero-order chi connectivity index (χ0) is 19.8. The molecular formula is C22H24N6O. The van der Waals surface area contributed by atoms with Crippen molar-refractivity contribution in [1.82, 2.24) is 20.2 Å². The van der Waals surface area contributed by atoms with Gasteiger partial charge in [0.05, 0.1) is 13.1 Å². The Morgan fingerprint density at radius 3 is 2.59 bits per heavy atom. The fraction of sp³-hybridized carbons (Fsp3) is 0.318. The second-order valence-corrected chi connectivity index (χ2v) is 8.01. The number of benzene rings is 1. The summed E-state index contributed by atoms with van der Waals surface area (Å²) in [5, 5.41) is 21.1. The number of nitrogens with zero attached hydrogens (tertiary/aromatic N) is 4. The van der Waals surface area contributed by atoms with Crippen LogP contribution in [0, 0.1) is 12.8 Å². The Labute approximate surface area is 169 Å². The van der Waals surface area contributed by atoms with Gasteiger partial charge in [0.15, 0.2) is 11.6 Å². The van der Waals surface area contributed by atoms with Crippen LogP contribution in [0.3, 0.4) is 0 Å². The topological polar surface area (TPSA) is 90.0 Å². The molecular weight excluding hydrogens is 364 g/mol. The van der Waals surface area contributed by atoms with E-state index in [1.54, 1.807) is 0 Å². The molecule has 3 heterocycles. The van der Waals surface area contributed by atoms with E-state index in [0.29, 0.717) is 36.5 Å². The van der Waals surface area contributed by atoms with E-state index < -0.39 is 5.60 Å². The minimum absolute atomic E-state index is 0.447. The quantitative estimate of drug-likeness (QED) is 0.600. The number of hydrogen-bond donors (Lipinski definition) is 3. The molecule has 0 spiro atoms. The summed E-state index contributed by atoms with van der Waals surface area (Å²) in [4.78, 5) is 11.4. The molecule has 7 heteroatoms. The van der Waals surface area contributed by atoms with Crippen molar-refractivity contribution in [2.45, 2.75) is 25.4 Å². The van der Waals surface area contributed by atoms with Crippen LogP contribution in [0.15, 0.2) is 42.5 Å². The molecule has 1 aliphatic carbocycles. The summed E-state index contributed by atoms with van der Waals surface area (Å²) in [6, 6.07) is 13.9. The number of aryl methyl sites for hydroxylation is 1. The van der Waals surface area contributed by atoms with Gasteiger partial charge in [-0.1, -0.05) is 36.4 Å². The molecule has 1 saturated heterocycles. The fourth-order valence-corrected chi connectivity index (χ4v) is 3.76. The molecule has 7 nitrogen and oxygen atoms in total. The number of aromatic amines is 1. The lowest BCUT2D eigenvalue weighted by atomic mass is 9.89. The Bertz CT molecular complexity index is 1030. The average molecular weight is 388 g/mol. The van der Waals surface area contributed by atoms with Gasteiger partial charge in [0, 0.05) is 17.8 Å². The maximum absolute atomic E-state index is 10.7. The minimum Gasteiger partial charge on any atom is -0.386 e. The third kappa shape index (κ3) is 3.86. The van der Waals surface area contributed by atoms with Crippen molar-refractivity contribution in [2.24, 2.45) is 5.92 Å². The summed E-state index contributed by atoms with van der Waals surface area (Å²) >= 11 is 0. The SMILES string of the molecule is Cc1cc(Nc2cc(N3CC(O)(C4CC4)C3)nc(C=Cc3ccccc3)n2)n[nH]1. The first-order valence-corrected chi connectivity index (χ1v) is 9.96. The average Bonchev–Trinajstić information content (AvgIpc) is 3.48. The lowest BCUT2D eigenvalue weighted by Gasteiger charge is -2.47. The number of nitrogens with one attached hydrogen (secondary N) is 2. The van der Waals surface area contributed by atoms with Crippen molar-refractivity contribution < 1.29 is 5.11 Å².